The zero-order chi connectivity index (χ0) is 18.2. The number of anilines is 1. The molecule has 11 heteroatoms. The van der Waals surface area contributed by atoms with E-state index in [1.165, 1.54) is 18.2 Å². The number of rotatable bonds is 4. The first-order valence-corrected chi connectivity index (χ1v) is 9.19. The van der Waals surface area contributed by atoms with Gasteiger partial charge in [0.2, 0.25) is 5.69 Å². The Hall–Kier alpha value is -3.00. The summed E-state index contributed by atoms with van der Waals surface area (Å²) in [6.45, 7) is 0. The maximum Gasteiger partial charge on any atom is 0.296 e. The molecule has 0 N–H and O–H groups in total. The van der Waals surface area contributed by atoms with Gasteiger partial charge in [-0.1, -0.05) is 12.1 Å². The Kier molecular flexibility index (Phi) is 4.13. The zero-order valence-electron chi connectivity index (χ0n) is 13.2. The third-order valence-electron chi connectivity index (χ3n) is 4.09. The van der Waals surface area contributed by atoms with Crippen LogP contribution in [0, 0.1) is 21.4 Å². The third-order valence-corrected chi connectivity index (χ3v) is 5.84. The summed E-state index contributed by atoms with van der Waals surface area (Å²) in [5.74, 6) is 0.261. The summed E-state index contributed by atoms with van der Waals surface area (Å²) in [6.07, 6.45) is 0.433. The lowest BCUT2D eigenvalue weighted by Gasteiger charge is -2.22. The lowest BCUT2D eigenvalue weighted by atomic mass is 10.2. The second-order valence-corrected chi connectivity index (χ2v) is 7.92. The van der Waals surface area contributed by atoms with Crippen molar-refractivity contribution in [2.45, 2.75) is 12.5 Å². The van der Waals surface area contributed by atoms with E-state index in [1.807, 2.05) is 6.07 Å². The highest BCUT2D eigenvalue weighted by atomic mass is 32.2. The Morgan fingerprint density at radius 1 is 1.40 bits per heavy atom. The quantitative estimate of drug-likeness (QED) is 0.572. The smallest absolute Gasteiger partial charge is 0.296 e. The van der Waals surface area contributed by atoms with Gasteiger partial charge in [0.15, 0.2) is 21.3 Å². The Labute approximate surface area is 143 Å². The Morgan fingerprint density at radius 3 is 2.72 bits per heavy atom. The van der Waals surface area contributed by atoms with Crippen LogP contribution in [0.2, 0.25) is 0 Å². The Bertz CT molecular complexity index is 977. The average molecular weight is 362 g/mol. The lowest BCUT2D eigenvalue weighted by molar-refractivity contribution is -0.384. The number of para-hydroxylation sites is 2. The van der Waals surface area contributed by atoms with Gasteiger partial charge in [0.25, 0.3) is 5.69 Å². The molecule has 10 nitrogen and oxygen atoms in total. The predicted molar refractivity (Wildman–Crippen MR) is 88.2 cm³/mol. The van der Waals surface area contributed by atoms with E-state index >= 15 is 0 Å². The maximum atomic E-state index is 11.7. The number of nitro groups is 1. The molecule has 25 heavy (non-hydrogen) atoms. The minimum atomic E-state index is -3.10. The molecule has 1 atom stereocenters. The van der Waals surface area contributed by atoms with Gasteiger partial charge in [-0.2, -0.15) is 5.26 Å². The van der Waals surface area contributed by atoms with Crippen LogP contribution in [0.4, 0.5) is 11.5 Å². The van der Waals surface area contributed by atoms with E-state index in [1.54, 1.807) is 18.0 Å². The van der Waals surface area contributed by atoms with Crippen LogP contribution in [0.1, 0.15) is 12.1 Å². The van der Waals surface area contributed by atoms with Crippen molar-refractivity contribution < 1.29 is 13.3 Å². The van der Waals surface area contributed by atoms with Crippen molar-refractivity contribution in [1.29, 1.82) is 5.26 Å². The summed E-state index contributed by atoms with van der Waals surface area (Å²) >= 11 is 0. The van der Waals surface area contributed by atoms with Crippen molar-refractivity contribution in [3.8, 4) is 11.8 Å². The number of hydrogen-bond donors (Lipinski definition) is 0. The molecule has 2 aromatic rings. The van der Waals surface area contributed by atoms with Crippen molar-refractivity contribution in [3.63, 3.8) is 0 Å². The van der Waals surface area contributed by atoms with Gasteiger partial charge in [-0.15, -0.1) is 15.0 Å². The summed E-state index contributed by atoms with van der Waals surface area (Å²) in [5.41, 5.74) is -0.0905. The zero-order valence-corrected chi connectivity index (χ0v) is 14.0. The summed E-state index contributed by atoms with van der Waals surface area (Å²) < 4.78 is 23.3. The Balaban J connectivity index is 2.01. The van der Waals surface area contributed by atoms with E-state index in [4.69, 9.17) is 0 Å². The molecule has 1 saturated heterocycles. The molecule has 0 bridgehead atoms. The average Bonchev–Trinajstić information content (AvgIpc) is 3.17. The van der Waals surface area contributed by atoms with Crippen molar-refractivity contribution in [2.75, 3.05) is 23.5 Å². The van der Waals surface area contributed by atoms with Crippen molar-refractivity contribution >= 4 is 21.3 Å². The minimum absolute atomic E-state index is 0.0211. The van der Waals surface area contributed by atoms with Gasteiger partial charge in [-0.05, 0) is 12.5 Å². The third kappa shape index (κ3) is 3.16. The molecule has 0 saturated carbocycles. The van der Waals surface area contributed by atoms with Gasteiger partial charge in [-0.3, -0.25) is 10.1 Å². The van der Waals surface area contributed by atoms with Crippen LogP contribution in [-0.4, -0.2) is 52.9 Å². The van der Waals surface area contributed by atoms with Crippen LogP contribution < -0.4 is 4.90 Å². The van der Waals surface area contributed by atoms with Gasteiger partial charge in [0.1, 0.15) is 6.07 Å². The van der Waals surface area contributed by atoms with Crippen molar-refractivity contribution in [3.05, 3.63) is 40.1 Å². The predicted octanol–water partition coefficient (Wildman–Crippen LogP) is 0.670. The topological polar surface area (TPSA) is 135 Å². The molecule has 3 rings (SSSR count). The number of nitro benzene ring substituents is 1. The van der Waals surface area contributed by atoms with E-state index in [-0.39, 0.29) is 40.4 Å². The second kappa shape index (κ2) is 6.14. The fraction of sp³-hybridized carbons (Fsp3) is 0.357. The van der Waals surface area contributed by atoms with Crippen LogP contribution in [0.5, 0.6) is 0 Å². The normalized spacial score (nSPS) is 18.6. The first-order valence-electron chi connectivity index (χ1n) is 7.37. The number of sulfone groups is 1. The molecule has 1 aromatic heterocycles. The van der Waals surface area contributed by atoms with E-state index in [9.17, 15) is 23.8 Å². The molecule has 1 aromatic carbocycles. The fourth-order valence-corrected chi connectivity index (χ4v) is 4.53. The number of aromatic nitrogens is 3. The summed E-state index contributed by atoms with van der Waals surface area (Å²) in [6, 6.07) is 7.51. The largest absolute Gasteiger partial charge is 0.352 e. The second-order valence-electron chi connectivity index (χ2n) is 5.69. The number of benzene rings is 1. The van der Waals surface area contributed by atoms with E-state index in [2.05, 4.69) is 10.2 Å². The van der Waals surface area contributed by atoms with Gasteiger partial charge in [0.05, 0.1) is 16.4 Å². The van der Waals surface area contributed by atoms with Crippen LogP contribution in [0.3, 0.4) is 0 Å². The van der Waals surface area contributed by atoms with Gasteiger partial charge in [-0.25, -0.2) is 8.42 Å². The summed E-state index contributed by atoms with van der Waals surface area (Å²) in [7, 11) is -1.46. The van der Waals surface area contributed by atoms with E-state index in [0.717, 1.165) is 4.80 Å². The number of nitrogens with zero attached hydrogens (tertiary/aromatic N) is 6. The molecular weight excluding hydrogens is 348 g/mol. The monoisotopic (exact) mass is 362 g/mol. The summed E-state index contributed by atoms with van der Waals surface area (Å²) in [5, 5.41) is 28.7. The van der Waals surface area contributed by atoms with Crippen molar-refractivity contribution in [2.24, 2.45) is 0 Å². The first kappa shape index (κ1) is 16.8. The fourth-order valence-electron chi connectivity index (χ4n) is 2.76. The van der Waals surface area contributed by atoms with Crippen LogP contribution in [0.25, 0.3) is 5.69 Å². The molecule has 1 aliphatic heterocycles. The van der Waals surface area contributed by atoms with E-state index in [0.29, 0.717) is 6.42 Å². The summed E-state index contributed by atoms with van der Waals surface area (Å²) in [4.78, 5) is 13.2. The molecule has 0 radical (unpaired) electrons. The molecule has 1 unspecified atom stereocenters. The molecule has 1 fully saturated rings. The number of hydrogen-bond acceptors (Lipinski definition) is 8. The standard InChI is InChI=1S/C14H14N6O4S/c1-18(10-6-7-25(23,24)9-10)14-11(8-15)16-19(17-14)12-4-2-3-5-13(12)20(21)22/h2-5,10H,6-7,9H2,1H3. The SMILES string of the molecule is CN(c1nn(-c2ccccc2[N+](=O)[O-])nc1C#N)C1CCS(=O)(=O)C1. The minimum Gasteiger partial charge on any atom is -0.352 e. The van der Waals surface area contributed by atoms with Gasteiger partial charge >= 0.3 is 0 Å². The molecule has 130 valence electrons. The van der Waals surface area contributed by atoms with E-state index < -0.39 is 14.8 Å². The molecule has 0 aliphatic carbocycles. The highest BCUT2D eigenvalue weighted by Crippen LogP contribution is 2.26. The molecule has 0 amide bonds. The van der Waals surface area contributed by atoms with Gasteiger partial charge in [0, 0.05) is 19.2 Å². The highest BCUT2D eigenvalue weighted by Gasteiger charge is 2.33. The first-order chi connectivity index (χ1) is 11.8. The molecular formula is C14H14N6O4S. The Morgan fingerprint density at radius 2 is 2.12 bits per heavy atom. The molecule has 1 aliphatic rings. The van der Waals surface area contributed by atoms with Crippen LogP contribution >= 0.6 is 0 Å². The van der Waals surface area contributed by atoms with Crippen LogP contribution in [-0.2, 0) is 9.84 Å². The molecule has 0 spiro atoms. The lowest BCUT2D eigenvalue weighted by Crippen LogP contribution is -2.33. The van der Waals surface area contributed by atoms with Crippen LogP contribution in [0.15, 0.2) is 24.3 Å². The van der Waals surface area contributed by atoms with Gasteiger partial charge < -0.3 is 4.90 Å². The highest BCUT2D eigenvalue weighted by molar-refractivity contribution is 7.91. The number of nitriles is 1. The molecule has 2 heterocycles. The van der Waals surface area contributed by atoms with Crippen molar-refractivity contribution in [1.82, 2.24) is 15.0 Å². The maximum absolute atomic E-state index is 11.7.